The molecule has 0 saturated heterocycles. The standard InChI is InChI=1S/C12H16N4/c13-7-2-8-16(11-5-6-11)9-10-3-1-4-12(14)15-10/h1,3-4,11H,2,5-6,8-9H2,(H2,14,15). The molecule has 1 heterocycles. The minimum absolute atomic E-state index is 0.563. The normalized spacial score (nSPS) is 15.0. The Balaban J connectivity index is 1.97. The van der Waals surface area contributed by atoms with Gasteiger partial charge in [0.25, 0.3) is 0 Å². The first-order valence-electron chi connectivity index (χ1n) is 5.62. The summed E-state index contributed by atoms with van der Waals surface area (Å²) in [5.74, 6) is 0.563. The number of rotatable bonds is 5. The average Bonchev–Trinajstić information content (AvgIpc) is 3.08. The summed E-state index contributed by atoms with van der Waals surface area (Å²) in [7, 11) is 0. The van der Waals surface area contributed by atoms with Crippen molar-refractivity contribution in [2.24, 2.45) is 0 Å². The second kappa shape index (κ2) is 4.95. The Hall–Kier alpha value is -1.60. The number of nitrogens with two attached hydrogens (primary N) is 1. The minimum atomic E-state index is 0.563. The van der Waals surface area contributed by atoms with Crippen LogP contribution in [0.2, 0.25) is 0 Å². The summed E-state index contributed by atoms with van der Waals surface area (Å²) in [5, 5.41) is 8.62. The quantitative estimate of drug-likeness (QED) is 0.810. The molecule has 1 aromatic rings. The maximum Gasteiger partial charge on any atom is 0.123 e. The highest BCUT2D eigenvalue weighted by atomic mass is 15.2. The predicted octanol–water partition coefficient (Wildman–Crippen LogP) is 1.54. The van der Waals surface area contributed by atoms with Crippen molar-refractivity contribution in [1.82, 2.24) is 9.88 Å². The van der Waals surface area contributed by atoms with Crippen LogP contribution in [0.5, 0.6) is 0 Å². The molecule has 1 aliphatic rings. The summed E-state index contributed by atoms with van der Waals surface area (Å²) in [6.07, 6.45) is 3.07. The van der Waals surface area contributed by atoms with Gasteiger partial charge in [0.1, 0.15) is 5.82 Å². The van der Waals surface area contributed by atoms with E-state index in [1.165, 1.54) is 12.8 Å². The fourth-order valence-corrected chi connectivity index (χ4v) is 1.82. The zero-order chi connectivity index (χ0) is 11.4. The van der Waals surface area contributed by atoms with Crippen molar-refractivity contribution in [2.45, 2.75) is 31.8 Å². The van der Waals surface area contributed by atoms with Crippen molar-refractivity contribution in [3.63, 3.8) is 0 Å². The van der Waals surface area contributed by atoms with Gasteiger partial charge in [-0.2, -0.15) is 5.26 Å². The SMILES string of the molecule is N#CCCN(Cc1cccc(N)n1)C1CC1. The first kappa shape index (κ1) is 10.9. The van der Waals surface area contributed by atoms with E-state index in [0.29, 0.717) is 18.3 Å². The van der Waals surface area contributed by atoms with Crippen molar-refractivity contribution in [3.8, 4) is 6.07 Å². The van der Waals surface area contributed by atoms with Crippen LogP contribution >= 0.6 is 0 Å². The number of nitrogen functional groups attached to an aromatic ring is 1. The van der Waals surface area contributed by atoms with E-state index in [1.807, 2.05) is 12.1 Å². The van der Waals surface area contributed by atoms with Gasteiger partial charge in [-0.1, -0.05) is 6.07 Å². The number of hydrogen-bond donors (Lipinski definition) is 1. The van der Waals surface area contributed by atoms with E-state index in [4.69, 9.17) is 11.0 Å². The zero-order valence-electron chi connectivity index (χ0n) is 9.26. The molecular formula is C12H16N4. The lowest BCUT2D eigenvalue weighted by atomic mass is 10.3. The number of nitrogens with zero attached hydrogens (tertiary/aromatic N) is 3. The predicted molar refractivity (Wildman–Crippen MR) is 62.3 cm³/mol. The first-order valence-corrected chi connectivity index (χ1v) is 5.62. The van der Waals surface area contributed by atoms with Crippen LogP contribution < -0.4 is 5.73 Å². The maximum absolute atomic E-state index is 8.62. The number of nitriles is 1. The fourth-order valence-electron chi connectivity index (χ4n) is 1.82. The van der Waals surface area contributed by atoms with Gasteiger partial charge in [0.15, 0.2) is 0 Å². The topological polar surface area (TPSA) is 65.9 Å². The Morgan fingerprint density at radius 1 is 1.50 bits per heavy atom. The molecule has 2 N–H and O–H groups in total. The lowest BCUT2D eigenvalue weighted by Crippen LogP contribution is -2.27. The number of pyridine rings is 1. The van der Waals surface area contributed by atoms with E-state index in [9.17, 15) is 0 Å². The summed E-state index contributed by atoms with van der Waals surface area (Å²) in [4.78, 5) is 6.61. The van der Waals surface area contributed by atoms with E-state index in [1.54, 1.807) is 6.07 Å². The van der Waals surface area contributed by atoms with Gasteiger partial charge in [-0.05, 0) is 25.0 Å². The van der Waals surface area contributed by atoms with Gasteiger partial charge in [0, 0.05) is 25.6 Å². The molecule has 16 heavy (non-hydrogen) atoms. The van der Waals surface area contributed by atoms with Gasteiger partial charge in [0.2, 0.25) is 0 Å². The highest BCUT2D eigenvalue weighted by Crippen LogP contribution is 2.28. The average molecular weight is 216 g/mol. The largest absolute Gasteiger partial charge is 0.384 e. The number of hydrogen-bond acceptors (Lipinski definition) is 4. The van der Waals surface area contributed by atoms with Crippen molar-refractivity contribution < 1.29 is 0 Å². The molecule has 1 saturated carbocycles. The number of anilines is 1. The van der Waals surface area contributed by atoms with Crippen LogP contribution in [0.1, 0.15) is 25.0 Å². The van der Waals surface area contributed by atoms with Crippen molar-refractivity contribution >= 4 is 5.82 Å². The minimum Gasteiger partial charge on any atom is -0.384 e. The molecule has 0 spiro atoms. The summed E-state index contributed by atoms with van der Waals surface area (Å²) >= 11 is 0. The Labute approximate surface area is 95.7 Å². The molecule has 2 rings (SSSR count). The van der Waals surface area contributed by atoms with Gasteiger partial charge in [-0.3, -0.25) is 4.90 Å². The van der Waals surface area contributed by atoms with Crippen LogP contribution in [0, 0.1) is 11.3 Å². The fraction of sp³-hybridized carbons (Fsp3) is 0.500. The highest BCUT2D eigenvalue weighted by molar-refractivity contribution is 5.28. The van der Waals surface area contributed by atoms with E-state index in [0.717, 1.165) is 18.8 Å². The van der Waals surface area contributed by atoms with E-state index in [-0.39, 0.29) is 0 Å². The third-order valence-corrected chi connectivity index (χ3v) is 2.77. The molecule has 0 aliphatic heterocycles. The van der Waals surface area contributed by atoms with Crippen LogP contribution in [0.4, 0.5) is 5.82 Å². The summed E-state index contributed by atoms with van der Waals surface area (Å²) in [5.41, 5.74) is 6.63. The second-order valence-corrected chi connectivity index (χ2v) is 4.16. The Morgan fingerprint density at radius 2 is 2.31 bits per heavy atom. The molecule has 4 heteroatoms. The molecule has 84 valence electrons. The van der Waals surface area contributed by atoms with Crippen LogP contribution in [0.3, 0.4) is 0 Å². The molecule has 0 bridgehead atoms. The molecule has 0 unspecified atom stereocenters. The molecule has 1 fully saturated rings. The third-order valence-electron chi connectivity index (χ3n) is 2.77. The van der Waals surface area contributed by atoms with Crippen LogP contribution in [-0.4, -0.2) is 22.5 Å². The maximum atomic E-state index is 8.62. The Morgan fingerprint density at radius 3 is 2.94 bits per heavy atom. The van der Waals surface area contributed by atoms with Gasteiger partial charge in [-0.15, -0.1) is 0 Å². The lowest BCUT2D eigenvalue weighted by Gasteiger charge is -2.20. The second-order valence-electron chi connectivity index (χ2n) is 4.16. The van der Waals surface area contributed by atoms with Crippen molar-refractivity contribution in [3.05, 3.63) is 23.9 Å². The van der Waals surface area contributed by atoms with Crippen LogP contribution in [0.15, 0.2) is 18.2 Å². The van der Waals surface area contributed by atoms with E-state index >= 15 is 0 Å². The number of aromatic nitrogens is 1. The Bertz CT molecular complexity index is 392. The third kappa shape index (κ3) is 2.94. The van der Waals surface area contributed by atoms with Crippen LogP contribution in [-0.2, 0) is 6.54 Å². The van der Waals surface area contributed by atoms with Crippen LogP contribution in [0.25, 0.3) is 0 Å². The van der Waals surface area contributed by atoms with Gasteiger partial charge < -0.3 is 5.73 Å². The summed E-state index contributed by atoms with van der Waals surface area (Å²) in [6, 6.07) is 8.54. The highest BCUT2D eigenvalue weighted by Gasteiger charge is 2.28. The summed E-state index contributed by atoms with van der Waals surface area (Å²) < 4.78 is 0. The molecule has 0 atom stereocenters. The van der Waals surface area contributed by atoms with Gasteiger partial charge in [-0.25, -0.2) is 4.98 Å². The first-order chi connectivity index (χ1) is 7.79. The van der Waals surface area contributed by atoms with Crippen molar-refractivity contribution in [1.29, 1.82) is 5.26 Å². The molecule has 1 aromatic heterocycles. The summed E-state index contributed by atoms with van der Waals surface area (Å²) in [6.45, 7) is 1.63. The van der Waals surface area contributed by atoms with Crippen molar-refractivity contribution in [2.75, 3.05) is 12.3 Å². The molecule has 0 radical (unpaired) electrons. The molecule has 4 nitrogen and oxygen atoms in total. The molecular weight excluding hydrogens is 200 g/mol. The van der Waals surface area contributed by atoms with Gasteiger partial charge >= 0.3 is 0 Å². The molecule has 0 aromatic carbocycles. The van der Waals surface area contributed by atoms with E-state index in [2.05, 4.69) is 16.0 Å². The smallest absolute Gasteiger partial charge is 0.123 e. The monoisotopic (exact) mass is 216 g/mol. The Kier molecular flexibility index (Phi) is 3.37. The van der Waals surface area contributed by atoms with Gasteiger partial charge in [0.05, 0.1) is 11.8 Å². The molecule has 1 aliphatic carbocycles. The molecule has 0 amide bonds. The lowest BCUT2D eigenvalue weighted by molar-refractivity contribution is 0.258. The van der Waals surface area contributed by atoms with E-state index < -0.39 is 0 Å². The zero-order valence-corrected chi connectivity index (χ0v) is 9.26.